The van der Waals surface area contributed by atoms with Gasteiger partial charge in [-0.05, 0) is 123 Å². The van der Waals surface area contributed by atoms with E-state index in [2.05, 4.69) is 12.1 Å². The summed E-state index contributed by atoms with van der Waals surface area (Å²) < 4.78 is 0. The molecule has 9 rings (SSSR count). The van der Waals surface area contributed by atoms with E-state index in [9.17, 15) is 10.2 Å². The highest BCUT2D eigenvalue weighted by atomic mass is 16.3. The van der Waals surface area contributed by atoms with E-state index in [1.165, 1.54) is 77.0 Å². The quantitative estimate of drug-likeness (QED) is 0.617. The first kappa shape index (κ1) is 16.6. The van der Waals surface area contributed by atoms with E-state index in [0.717, 1.165) is 46.6 Å². The Bertz CT molecular complexity index is 698. The van der Waals surface area contributed by atoms with Gasteiger partial charge in [-0.2, -0.15) is 0 Å². The molecule has 2 nitrogen and oxygen atoms in total. The van der Waals surface area contributed by atoms with Crippen LogP contribution in [-0.4, -0.2) is 10.2 Å². The van der Waals surface area contributed by atoms with E-state index in [1.807, 2.05) is 0 Å². The highest BCUT2D eigenvalue weighted by Crippen LogP contribution is 2.65. The molecule has 0 amide bonds. The Morgan fingerprint density at radius 1 is 0.500 bits per heavy atom. The summed E-state index contributed by atoms with van der Waals surface area (Å²) in [5, 5.41) is 22.6. The van der Waals surface area contributed by atoms with Crippen molar-refractivity contribution in [3.63, 3.8) is 0 Å². The molecular weight excluding hydrogens is 344 g/mol. The molecule has 8 bridgehead atoms. The Balaban J connectivity index is 1.30. The second-order valence-corrected chi connectivity index (χ2v) is 12.3. The zero-order chi connectivity index (χ0) is 18.7. The third kappa shape index (κ3) is 2.10. The van der Waals surface area contributed by atoms with E-state index in [4.69, 9.17) is 0 Å². The predicted molar refractivity (Wildman–Crippen MR) is 109 cm³/mol. The molecule has 0 radical (unpaired) electrons. The molecule has 8 aliphatic carbocycles. The van der Waals surface area contributed by atoms with Gasteiger partial charge in [0.15, 0.2) is 11.5 Å². The fraction of sp³-hybridized carbons (Fsp3) is 0.769. The SMILES string of the molecule is Oc1c(C23CC4CC(CC(C4)C2)C3)ccc(C23CC4CC(CC(C4)C2)C3)c1O. The first-order valence-corrected chi connectivity index (χ1v) is 12.1. The molecule has 150 valence electrons. The average Bonchev–Trinajstić information content (AvgIpc) is 2.61. The van der Waals surface area contributed by atoms with Crippen LogP contribution >= 0.6 is 0 Å². The van der Waals surface area contributed by atoms with Crippen LogP contribution < -0.4 is 0 Å². The minimum absolute atomic E-state index is 0.149. The van der Waals surface area contributed by atoms with E-state index in [-0.39, 0.29) is 22.3 Å². The number of aromatic hydroxyl groups is 2. The molecule has 0 aromatic heterocycles. The van der Waals surface area contributed by atoms with Crippen LogP contribution in [-0.2, 0) is 10.8 Å². The molecule has 8 saturated carbocycles. The van der Waals surface area contributed by atoms with Gasteiger partial charge in [0.2, 0.25) is 0 Å². The summed E-state index contributed by atoms with van der Waals surface area (Å²) in [5.41, 5.74) is 2.49. The Morgan fingerprint density at radius 3 is 1.00 bits per heavy atom. The number of phenolic OH excluding ortho intramolecular Hbond substituents is 2. The van der Waals surface area contributed by atoms with Crippen LogP contribution in [0.25, 0.3) is 0 Å². The molecule has 0 unspecified atom stereocenters. The number of hydrogen-bond acceptors (Lipinski definition) is 2. The summed E-state index contributed by atoms with van der Waals surface area (Å²) in [6, 6.07) is 4.52. The Hall–Kier alpha value is -1.18. The highest BCUT2D eigenvalue weighted by Gasteiger charge is 2.55. The summed E-state index contributed by atoms with van der Waals surface area (Å²) in [6.45, 7) is 0. The maximum atomic E-state index is 11.3. The minimum atomic E-state index is 0.149. The van der Waals surface area contributed by atoms with Crippen LogP contribution in [0, 0.1) is 35.5 Å². The molecule has 8 aliphatic rings. The Morgan fingerprint density at radius 2 is 0.750 bits per heavy atom. The molecule has 28 heavy (non-hydrogen) atoms. The molecule has 0 heterocycles. The van der Waals surface area contributed by atoms with Crippen molar-refractivity contribution >= 4 is 0 Å². The standard InChI is InChI=1S/C26H34O2/c27-23-21(25-9-15-3-16(10-25)5-17(4-15)11-25)1-2-22(24(23)28)26-12-18-6-19(13-26)8-20(7-18)14-26/h1-2,15-20,27-28H,3-14H2. The zero-order valence-corrected chi connectivity index (χ0v) is 17.0. The van der Waals surface area contributed by atoms with Gasteiger partial charge in [-0.3, -0.25) is 0 Å². The van der Waals surface area contributed by atoms with E-state index in [0.29, 0.717) is 0 Å². The lowest BCUT2D eigenvalue weighted by Gasteiger charge is -2.58. The van der Waals surface area contributed by atoms with Crippen molar-refractivity contribution in [3.8, 4) is 11.5 Å². The number of phenols is 2. The van der Waals surface area contributed by atoms with E-state index in [1.54, 1.807) is 0 Å². The van der Waals surface area contributed by atoms with Crippen LogP contribution in [0.1, 0.15) is 88.2 Å². The molecule has 0 aliphatic heterocycles. The highest BCUT2D eigenvalue weighted by molar-refractivity contribution is 5.56. The van der Waals surface area contributed by atoms with Crippen LogP contribution in [0.15, 0.2) is 12.1 Å². The fourth-order valence-electron chi connectivity index (χ4n) is 10.3. The average molecular weight is 379 g/mol. The van der Waals surface area contributed by atoms with Crippen molar-refractivity contribution < 1.29 is 10.2 Å². The van der Waals surface area contributed by atoms with Gasteiger partial charge in [-0.1, -0.05) is 12.1 Å². The van der Waals surface area contributed by atoms with Crippen molar-refractivity contribution in [1.29, 1.82) is 0 Å². The van der Waals surface area contributed by atoms with Gasteiger partial charge in [0.1, 0.15) is 0 Å². The lowest BCUT2D eigenvalue weighted by molar-refractivity contribution is -0.00862. The maximum Gasteiger partial charge on any atom is 0.161 e. The predicted octanol–water partition coefficient (Wildman–Crippen LogP) is 6.03. The van der Waals surface area contributed by atoms with E-state index < -0.39 is 0 Å². The normalized spacial score (nSPS) is 50.4. The minimum Gasteiger partial charge on any atom is -0.504 e. The third-order valence-electron chi connectivity index (χ3n) is 10.4. The lowest BCUT2D eigenvalue weighted by atomic mass is 9.47. The van der Waals surface area contributed by atoms with Gasteiger partial charge in [0.25, 0.3) is 0 Å². The molecule has 0 atom stereocenters. The first-order valence-electron chi connectivity index (χ1n) is 12.1. The Labute approximate surface area is 168 Å². The summed E-state index contributed by atoms with van der Waals surface area (Å²) in [4.78, 5) is 0. The smallest absolute Gasteiger partial charge is 0.161 e. The topological polar surface area (TPSA) is 40.5 Å². The Kier molecular flexibility index (Phi) is 3.14. The van der Waals surface area contributed by atoms with Crippen LogP contribution in [0.4, 0.5) is 0 Å². The summed E-state index contributed by atoms with van der Waals surface area (Å²) in [6.07, 6.45) is 15.9. The monoisotopic (exact) mass is 378 g/mol. The second-order valence-electron chi connectivity index (χ2n) is 12.3. The van der Waals surface area contributed by atoms with Gasteiger partial charge in [-0.25, -0.2) is 0 Å². The number of hydrogen-bond donors (Lipinski definition) is 2. The third-order valence-corrected chi connectivity index (χ3v) is 10.4. The lowest BCUT2D eigenvalue weighted by Crippen LogP contribution is -2.49. The van der Waals surface area contributed by atoms with Gasteiger partial charge in [0, 0.05) is 11.1 Å². The van der Waals surface area contributed by atoms with Crippen molar-refractivity contribution in [2.75, 3.05) is 0 Å². The van der Waals surface area contributed by atoms with Crippen molar-refractivity contribution in [2.24, 2.45) is 35.5 Å². The molecule has 2 N–H and O–H groups in total. The first-order chi connectivity index (χ1) is 13.5. The van der Waals surface area contributed by atoms with Gasteiger partial charge in [0.05, 0.1) is 0 Å². The van der Waals surface area contributed by atoms with E-state index >= 15 is 0 Å². The summed E-state index contributed by atoms with van der Waals surface area (Å²) >= 11 is 0. The molecular formula is C26H34O2. The molecule has 2 heteroatoms. The van der Waals surface area contributed by atoms with Crippen molar-refractivity contribution in [1.82, 2.24) is 0 Å². The van der Waals surface area contributed by atoms with Crippen LogP contribution in [0.2, 0.25) is 0 Å². The van der Waals surface area contributed by atoms with Crippen LogP contribution in [0.5, 0.6) is 11.5 Å². The molecule has 0 spiro atoms. The van der Waals surface area contributed by atoms with Crippen molar-refractivity contribution in [2.45, 2.75) is 87.9 Å². The maximum absolute atomic E-state index is 11.3. The fourth-order valence-corrected chi connectivity index (χ4v) is 10.3. The number of rotatable bonds is 2. The molecule has 0 saturated heterocycles. The van der Waals surface area contributed by atoms with Gasteiger partial charge in [-0.15, -0.1) is 0 Å². The summed E-state index contributed by atoms with van der Waals surface area (Å²) in [7, 11) is 0. The summed E-state index contributed by atoms with van der Waals surface area (Å²) in [5.74, 6) is 5.66. The van der Waals surface area contributed by atoms with Gasteiger partial charge >= 0.3 is 0 Å². The van der Waals surface area contributed by atoms with Crippen LogP contribution in [0.3, 0.4) is 0 Å². The number of benzene rings is 1. The second kappa shape index (κ2) is 5.29. The van der Waals surface area contributed by atoms with Gasteiger partial charge < -0.3 is 10.2 Å². The molecule has 1 aromatic carbocycles. The zero-order valence-electron chi connectivity index (χ0n) is 17.0. The molecule has 1 aromatic rings. The molecule has 8 fully saturated rings. The largest absolute Gasteiger partial charge is 0.504 e. The van der Waals surface area contributed by atoms with Crippen molar-refractivity contribution in [3.05, 3.63) is 23.3 Å².